The summed E-state index contributed by atoms with van der Waals surface area (Å²) in [5.41, 5.74) is 2.05. The molecule has 158 valence electrons. The van der Waals surface area contributed by atoms with Crippen molar-refractivity contribution < 1.29 is 22.7 Å². The van der Waals surface area contributed by atoms with Crippen molar-refractivity contribution in [2.24, 2.45) is 0 Å². The molecule has 4 aromatic rings. The van der Waals surface area contributed by atoms with Crippen molar-refractivity contribution in [3.63, 3.8) is 0 Å². The molecule has 11 heteroatoms. The second-order valence-corrected chi connectivity index (χ2v) is 6.42. The number of alkyl halides is 2. The lowest BCUT2D eigenvalue weighted by atomic mass is 10.1. The fourth-order valence-electron chi connectivity index (χ4n) is 2.77. The lowest BCUT2D eigenvalue weighted by Crippen LogP contribution is -2.14. The highest BCUT2D eigenvalue weighted by molar-refractivity contribution is 6.02. The van der Waals surface area contributed by atoms with Gasteiger partial charge in [0.2, 0.25) is 5.95 Å². The molecule has 0 bridgehead atoms. The summed E-state index contributed by atoms with van der Waals surface area (Å²) in [6.45, 7) is -2.54. The Balaban J connectivity index is 1.39. The minimum atomic E-state index is -2.90. The number of hydrogen-bond acceptors (Lipinski definition) is 5. The van der Waals surface area contributed by atoms with Gasteiger partial charge >= 0.3 is 6.61 Å². The Hall–Kier alpha value is -4.15. The van der Waals surface area contributed by atoms with Gasteiger partial charge in [-0.15, -0.1) is 5.10 Å². The first-order chi connectivity index (χ1) is 15.0. The highest BCUT2D eigenvalue weighted by Crippen LogP contribution is 2.22. The molecule has 0 saturated heterocycles. The molecule has 0 fully saturated rings. The molecule has 2 heterocycles. The zero-order valence-electron chi connectivity index (χ0n) is 15.8. The quantitative estimate of drug-likeness (QED) is 0.468. The van der Waals surface area contributed by atoms with Crippen LogP contribution in [0.25, 0.3) is 11.3 Å². The number of nitrogens with one attached hydrogen (secondary N) is 2. The third kappa shape index (κ3) is 5.07. The maximum Gasteiger partial charge on any atom is 0.387 e. The molecular formula is C20H15F3N6O2. The van der Waals surface area contributed by atoms with E-state index in [9.17, 15) is 18.0 Å². The first-order valence-corrected chi connectivity index (χ1v) is 9.02. The predicted octanol–water partition coefficient (Wildman–Crippen LogP) is 3.71. The molecule has 2 N–H and O–H groups in total. The molecule has 0 saturated carbocycles. The molecule has 0 aliphatic heterocycles. The number of rotatable bonds is 7. The van der Waals surface area contributed by atoms with E-state index in [-0.39, 0.29) is 23.2 Å². The molecule has 0 spiro atoms. The maximum atomic E-state index is 13.0. The number of ether oxygens (including phenoxy) is 1. The molecule has 0 aliphatic rings. The number of aromatic amines is 1. The Morgan fingerprint density at radius 2 is 1.87 bits per heavy atom. The van der Waals surface area contributed by atoms with Crippen molar-refractivity contribution in [1.29, 1.82) is 0 Å². The topological polar surface area (TPSA) is 97.7 Å². The van der Waals surface area contributed by atoms with E-state index in [1.54, 1.807) is 24.3 Å². The van der Waals surface area contributed by atoms with Crippen LogP contribution < -0.4 is 10.1 Å². The Morgan fingerprint density at radius 3 is 2.58 bits per heavy atom. The molecule has 2 aromatic carbocycles. The van der Waals surface area contributed by atoms with E-state index in [4.69, 9.17) is 0 Å². The number of carbonyl (C=O) groups excluding carboxylic acids is 1. The number of halogens is 3. The van der Waals surface area contributed by atoms with Crippen molar-refractivity contribution in [3.05, 3.63) is 78.0 Å². The van der Waals surface area contributed by atoms with Gasteiger partial charge in [0.05, 0.1) is 12.2 Å². The smallest absolute Gasteiger partial charge is 0.387 e. The van der Waals surface area contributed by atoms with Gasteiger partial charge in [-0.3, -0.25) is 15.2 Å². The second-order valence-electron chi connectivity index (χ2n) is 6.42. The molecule has 2 aromatic heterocycles. The molecule has 0 atom stereocenters. The standard InChI is InChI=1S/C20H15F3N6O2/c21-14-5-1-12(2-6-14)10-29-11-24-20(28-29)25-18(30)17-9-16(26-27-17)13-3-7-15(8-4-13)31-19(22)23/h1-9,11,19H,10H2,(H,26,27)(H,25,28,30). The van der Waals surface area contributed by atoms with Gasteiger partial charge in [-0.25, -0.2) is 14.1 Å². The fourth-order valence-corrected chi connectivity index (χ4v) is 2.77. The van der Waals surface area contributed by atoms with E-state index in [1.165, 1.54) is 41.3 Å². The fraction of sp³-hybridized carbons (Fsp3) is 0.100. The third-order valence-electron chi connectivity index (χ3n) is 4.22. The number of H-pyrrole nitrogens is 1. The van der Waals surface area contributed by atoms with Crippen LogP contribution >= 0.6 is 0 Å². The summed E-state index contributed by atoms with van der Waals surface area (Å²) in [7, 11) is 0. The van der Waals surface area contributed by atoms with Gasteiger partial charge in [-0.1, -0.05) is 12.1 Å². The molecule has 1 amide bonds. The number of amides is 1. The molecule has 0 radical (unpaired) electrons. The number of aromatic nitrogens is 5. The van der Waals surface area contributed by atoms with Crippen LogP contribution in [0.3, 0.4) is 0 Å². The summed E-state index contributed by atoms with van der Waals surface area (Å²) in [5.74, 6) is -0.714. The number of carbonyl (C=O) groups is 1. The summed E-state index contributed by atoms with van der Waals surface area (Å²) in [6, 6.07) is 13.3. The van der Waals surface area contributed by atoms with E-state index in [1.807, 2.05) is 0 Å². The largest absolute Gasteiger partial charge is 0.435 e. The minimum Gasteiger partial charge on any atom is -0.435 e. The van der Waals surface area contributed by atoms with E-state index < -0.39 is 12.5 Å². The summed E-state index contributed by atoms with van der Waals surface area (Å²) >= 11 is 0. The molecule has 31 heavy (non-hydrogen) atoms. The van der Waals surface area contributed by atoms with Crippen molar-refractivity contribution in [2.75, 3.05) is 5.32 Å². The van der Waals surface area contributed by atoms with Crippen LogP contribution in [-0.2, 0) is 6.54 Å². The number of benzene rings is 2. The first-order valence-electron chi connectivity index (χ1n) is 9.02. The monoisotopic (exact) mass is 428 g/mol. The van der Waals surface area contributed by atoms with Crippen LogP contribution in [0.2, 0.25) is 0 Å². The van der Waals surface area contributed by atoms with Gasteiger partial charge in [0.15, 0.2) is 0 Å². The van der Waals surface area contributed by atoms with Gasteiger partial charge in [0, 0.05) is 5.56 Å². The summed E-state index contributed by atoms with van der Waals surface area (Å²) in [5, 5.41) is 13.4. The van der Waals surface area contributed by atoms with Crippen LogP contribution in [0.4, 0.5) is 19.1 Å². The number of anilines is 1. The van der Waals surface area contributed by atoms with Crippen LogP contribution in [0.15, 0.2) is 60.9 Å². The minimum absolute atomic E-state index is 0.0227. The normalized spacial score (nSPS) is 11.0. The van der Waals surface area contributed by atoms with Gasteiger partial charge in [0.25, 0.3) is 5.91 Å². The van der Waals surface area contributed by atoms with Crippen molar-refractivity contribution in [1.82, 2.24) is 25.0 Å². The van der Waals surface area contributed by atoms with Gasteiger partial charge < -0.3 is 4.74 Å². The molecule has 0 aliphatic carbocycles. The van der Waals surface area contributed by atoms with Gasteiger partial charge in [0.1, 0.15) is 23.6 Å². The third-order valence-corrected chi connectivity index (χ3v) is 4.22. The number of nitrogens with zero attached hydrogens (tertiary/aromatic N) is 4. The van der Waals surface area contributed by atoms with Crippen LogP contribution in [0.5, 0.6) is 5.75 Å². The van der Waals surface area contributed by atoms with Crippen molar-refractivity contribution in [3.8, 4) is 17.0 Å². The summed E-state index contributed by atoms with van der Waals surface area (Å²) in [6.07, 6.45) is 1.44. The van der Waals surface area contributed by atoms with Crippen molar-refractivity contribution in [2.45, 2.75) is 13.2 Å². The lowest BCUT2D eigenvalue weighted by molar-refractivity contribution is -0.0498. The second kappa shape index (κ2) is 8.69. The molecule has 8 nitrogen and oxygen atoms in total. The zero-order chi connectivity index (χ0) is 21.8. The van der Waals surface area contributed by atoms with Gasteiger partial charge in [-0.05, 0) is 48.0 Å². The first kappa shape index (κ1) is 20.1. The zero-order valence-corrected chi connectivity index (χ0v) is 15.8. The predicted molar refractivity (Wildman–Crippen MR) is 104 cm³/mol. The highest BCUT2D eigenvalue weighted by Gasteiger charge is 2.14. The molecular weight excluding hydrogens is 413 g/mol. The van der Waals surface area contributed by atoms with E-state index in [0.29, 0.717) is 17.8 Å². The van der Waals surface area contributed by atoms with E-state index in [2.05, 4.69) is 30.3 Å². The van der Waals surface area contributed by atoms with Crippen LogP contribution in [-0.4, -0.2) is 37.5 Å². The highest BCUT2D eigenvalue weighted by atomic mass is 19.3. The van der Waals surface area contributed by atoms with Gasteiger partial charge in [-0.2, -0.15) is 13.9 Å². The Kier molecular flexibility index (Phi) is 5.65. The van der Waals surface area contributed by atoms with Crippen LogP contribution in [0, 0.1) is 5.82 Å². The summed E-state index contributed by atoms with van der Waals surface area (Å²) in [4.78, 5) is 16.5. The molecule has 4 rings (SSSR count). The Morgan fingerprint density at radius 1 is 1.13 bits per heavy atom. The Bertz CT molecular complexity index is 1170. The van der Waals surface area contributed by atoms with Crippen LogP contribution in [0.1, 0.15) is 16.1 Å². The average Bonchev–Trinajstić information content (AvgIpc) is 3.40. The maximum absolute atomic E-state index is 13.0. The van der Waals surface area contributed by atoms with Crippen molar-refractivity contribution >= 4 is 11.9 Å². The number of hydrogen-bond donors (Lipinski definition) is 2. The molecule has 0 unspecified atom stereocenters. The SMILES string of the molecule is O=C(Nc1ncn(Cc2ccc(F)cc2)n1)c1cc(-c2ccc(OC(F)F)cc2)n[nH]1. The Labute approximate surface area is 173 Å². The van der Waals surface area contributed by atoms with E-state index >= 15 is 0 Å². The van der Waals surface area contributed by atoms with E-state index in [0.717, 1.165) is 5.56 Å². The lowest BCUT2D eigenvalue weighted by Gasteiger charge is -2.04. The summed E-state index contributed by atoms with van der Waals surface area (Å²) < 4.78 is 43.3. The average molecular weight is 428 g/mol.